The molecule has 0 spiro atoms. The molecule has 5 nitrogen and oxygen atoms in total. The van der Waals surface area contributed by atoms with Crippen molar-refractivity contribution < 1.29 is 13.2 Å². The average molecular weight is 407 g/mol. The highest BCUT2D eigenvalue weighted by Crippen LogP contribution is 2.25. The monoisotopic (exact) mass is 406 g/mol. The molecule has 2 aromatic carbocycles. The number of carbonyl (C=O) groups excluding carboxylic acids is 1. The van der Waals surface area contributed by atoms with Crippen LogP contribution in [0.5, 0.6) is 0 Å². The van der Waals surface area contributed by atoms with E-state index < -0.39 is 15.9 Å². The lowest BCUT2D eigenvalue weighted by Gasteiger charge is -2.16. The smallest absolute Gasteiger partial charge is 0.253 e. The van der Waals surface area contributed by atoms with Crippen LogP contribution in [0.2, 0.25) is 5.02 Å². The Morgan fingerprint density at radius 2 is 1.70 bits per heavy atom. The molecule has 27 heavy (non-hydrogen) atoms. The predicted molar refractivity (Wildman–Crippen MR) is 106 cm³/mol. The zero-order valence-corrected chi connectivity index (χ0v) is 16.8. The number of carbonyl (C=O) groups is 1. The Labute approximate surface area is 165 Å². The molecule has 0 aromatic heterocycles. The van der Waals surface area contributed by atoms with Gasteiger partial charge in [-0.2, -0.15) is 4.31 Å². The van der Waals surface area contributed by atoms with E-state index in [1.54, 1.807) is 0 Å². The fourth-order valence-electron chi connectivity index (χ4n) is 3.09. The summed E-state index contributed by atoms with van der Waals surface area (Å²) in [7, 11) is -3.59. The van der Waals surface area contributed by atoms with Crippen LogP contribution >= 0.6 is 11.6 Å². The van der Waals surface area contributed by atoms with Crippen molar-refractivity contribution >= 4 is 27.5 Å². The minimum absolute atomic E-state index is 0.103. The molecular weight excluding hydrogens is 384 g/mol. The summed E-state index contributed by atoms with van der Waals surface area (Å²) in [4.78, 5) is 12.7. The van der Waals surface area contributed by atoms with Gasteiger partial charge >= 0.3 is 0 Å². The van der Waals surface area contributed by atoms with Crippen molar-refractivity contribution in [1.82, 2.24) is 9.62 Å². The number of rotatable bonds is 6. The van der Waals surface area contributed by atoms with Crippen LogP contribution in [0.25, 0.3) is 0 Å². The zero-order chi connectivity index (χ0) is 19.4. The first-order valence-corrected chi connectivity index (χ1v) is 10.9. The number of aryl methyl sites for hydroxylation is 1. The number of nitrogens with one attached hydrogen (secondary N) is 1. The van der Waals surface area contributed by atoms with Gasteiger partial charge in [-0.25, -0.2) is 8.42 Å². The zero-order valence-electron chi connectivity index (χ0n) is 15.2. The van der Waals surface area contributed by atoms with Gasteiger partial charge in [0, 0.05) is 19.6 Å². The third-order valence-corrected chi connectivity index (χ3v) is 6.99. The van der Waals surface area contributed by atoms with Crippen molar-refractivity contribution in [3.63, 3.8) is 0 Å². The van der Waals surface area contributed by atoms with Crippen LogP contribution in [0.1, 0.15) is 41.3 Å². The molecule has 0 atom stereocenters. The first-order valence-electron chi connectivity index (χ1n) is 9.07. The van der Waals surface area contributed by atoms with Crippen molar-refractivity contribution in [1.29, 1.82) is 0 Å². The van der Waals surface area contributed by atoms with Gasteiger partial charge in [0.05, 0.1) is 15.5 Å². The Hall–Kier alpha value is -1.89. The van der Waals surface area contributed by atoms with Gasteiger partial charge in [-0.05, 0) is 48.6 Å². The van der Waals surface area contributed by atoms with Crippen LogP contribution in [0.4, 0.5) is 0 Å². The van der Waals surface area contributed by atoms with Crippen molar-refractivity contribution in [3.8, 4) is 0 Å². The van der Waals surface area contributed by atoms with E-state index in [0.717, 1.165) is 24.8 Å². The summed E-state index contributed by atoms with van der Waals surface area (Å²) >= 11 is 6.15. The van der Waals surface area contributed by atoms with Crippen molar-refractivity contribution in [3.05, 3.63) is 64.2 Å². The number of benzene rings is 2. The van der Waals surface area contributed by atoms with E-state index in [9.17, 15) is 13.2 Å². The molecule has 1 aliphatic rings. The maximum atomic E-state index is 12.7. The third kappa shape index (κ3) is 4.51. The van der Waals surface area contributed by atoms with Gasteiger partial charge in [0.25, 0.3) is 5.91 Å². The molecule has 0 unspecified atom stereocenters. The molecule has 1 fully saturated rings. The second-order valence-electron chi connectivity index (χ2n) is 6.61. The summed E-state index contributed by atoms with van der Waals surface area (Å²) in [6, 6.07) is 12.3. The molecule has 3 rings (SSSR count). The summed E-state index contributed by atoms with van der Waals surface area (Å²) in [6.45, 7) is 3.46. The van der Waals surface area contributed by atoms with Gasteiger partial charge in [0.15, 0.2) is 0 Å². The lowest BCUT2D eigenvalue weighted by molar-refractivity contribution is 0.0951. The summed E-state index contributed by atoms with van der Waals surface area (Å²) < 4.78 is 26.9. The molecule has 144 valence electrons. The van der Waals surface area contributed by atoms with Gasteiger partial charge < -0.3 is 5.32 Å². The number of halogens is 1. The molecule has 1 N–H and O–H groups in total. The Kier molecular flexibility index (Phi) is 6.19. The van der Waals surface area contributed by atoms with E-state index in [1.807, 2.05) is 24.3 Å². The summed E-state index contributed by atoms with van der Waals surface area (Å²) in [6.07, 6.45) is 2.68. The molecule has 0 saturated carbocycles. The first kappa shape index (κ1) is 19.9. The van der Waals surface area contributed by atoms with Gasteiger partial charge in [-0.3, -0.25) is 4.79 Å². The molecule has 1 heterocycles. The fraction of sp³-hybridized carbons (Fsp3) is 0.350. The van der Waals surface area contributed by atoms with Gasteiger partial charge in [0.2, 0.25) is 10.0 Å². The Morgan fingerprint density at radius 3 is 2.33 bits per heavy atom. The van der Waals surface area contributed by atoms with E-state index in [1.165, 1.54) is 28.1 Å². The topological polar surface area (TPSA) is 66.5 Å². The molecule has 0 aliphatic carbocycles. The van der Waals surface area contributed by atoms with Crippen LogP contribution in [0.15, 0.2) is 47.4 Å². The molecular formula is C20H23ClN2O3S. The highest BCUT2D eigenvalue weighted by Gasteiger charge is 2.28. The molecule has 7 heteroatoms. The number of nitrogens with zero attached hydrogens (tertiary/aromatic N) is 1. The Morgan fingerprint density at radius 1 is 1.07 bits per heavy atom. The first-order chi connectivity index (χ1) is 12.9. The van der Waals surface area contributed by atoms with E-state index in [0.29, 0.717) is 19.6 Å². The molecule has 1 aliphatic heterocycles. The predicted octanol–water partition coefficient (Wildman–Crippen LogP) is 3.62. The van der Waals surface area contributed by atoms with E-state index in [-0.39, 0.29) is 15.5 Å². The summed E-state index contributed by atoms with van der Waals surface area (Å²) in [5.74, 6) is -0.391. The number of hydrogen-bond acceptors (Lipinski definition) is 3. The minimum atomic E-state index is -3.59. The quantitative estimate of drug-likeness (QED) is 0.796. The standard InChI is InChI=1S/C20H23ClN2O3S/c1-2-15-5-7-16(8-6-15)14-22-20(24)18-13-17(9-10-19(18)21)27(25,26)23-11-3-4-12-23/h5-10,13H,2-4,11-12,14H2,1H3,(H,22,24). The van der Waals surface area contributed by atoms with E-state index in [2.05, 4.69) is 12.2 Å². The Balaban J connectivity index is 1.75. The highest BCUT2D eigenvalue weighted by atomic mass is 35.5. The molecule has 2 aromatic rings. The highest BCUT2D eigenvalue weighted by molar-refractivity contribution is 7.89. The molecule has 1 amide bonds. The Bertz CT molecular complexity index is 921. The third-order valence-electron chi connectivity index (χ3n) is 4.77. The normalized spacial score (nSPS) is 15.0. The number of hydrogen-bond donors (Lipinski definition) is 1. The van der Waals surface area contributed by atoms with Crippen LogP contribution in [-0.4, -0.2) is 31.7 Å². The second-order valence-corrected chi connectivity index (χ2v) is 8.95. The minimum Gasteiger partial charge on any atom is -0.348 e. The van der Waals surface area contributed by atoms with Crippen molar-refractivity contribution in [2.45, 2.75) is 37.6 Å². The maximum absolute atomic E-state index is 12.7. The maximum Gasteiger partial charge on any atom is 0.253 e. The van der Waals surface area contributed by atoms with Crippen LogP contribution in [0.3, 0.4) is 0 Å². The van der Waals surface area contributed by atoms with Gasteiger partial charge in [0.1, 0.15) is 0 Å². The number of sulfonamides is 1. The van der Waals surface area contributed by atoms with Crippen molar-refractivity contribution in [2.75, 3.05) is 13.1 Å². The molecule has 1 saturated heterocycles. The van der Waals surface area contributed by atoms with Crippen LogP contribution < -0.4 is 5.32 Å². The summed E-state index contributed by atoms with van der Waals surface area (Å²) in [5, 5.41) is 3.04. The van der Waals surface area contributed by atoms with Gasteiger partial charge in [-0.1, -0.05) is 42.8 Å². The summed E-state index contributed by atoms with van der Waals surface area (Å²) in [5.41, 5.74) is 2.37. The number of amides is 1. The van der Waals surface area contributed by atoms with Gasteiger partial charge in [-0.15, -0.1) is 0 Å². The lowest BCUT2D eigenvalue weighted by Crippen LogP contribution is -2.28. The largest absolute Gasteiger partial charge is 0.348 e. The molecule has 0 radical (unpaired) electrons. The fourth-order valence-corrected chi connectivity index (χ4v) is 4.83. The lowest BCUT2D eigenvalue weighted by atomic mass is 10.1. The van der Waals surface area contributed by atoms with Crippen LogP contribution in [-0.2, 0) is 23.0 Å². The average Bonchev–Trinajstić information content (AvgIpc) is 3.22. The molecule has 0 bridgehead atoms. The second kappa shape index (κ2) is 8.42. The van der Waals surface area contributed by atoms with E-state index in [4.69, 9.17) is 11.6 Å². The SMILES string of the molecule is CCc1ccc(CNC(=O)c2cc(S(=O)(=O)N3CCCC3)ccc2Cl)cc1. The van der Waals surface area contributed by atoms with Crippen molar-refractivity contribution in [2.24, 2.45) is 0 Å². The van der Waals surface area contributed by atoms with Crippen LogP contribution in [0, 0.1) is 0 Å². The van der Waals surface area contributed by atoms with E-state index >= 15 is 0 Å².